The molecule has 0 aromatic heterocycles. The third-order valence-corrected chi connectivity index (χ3v) is 1.79. The highest BCUT2D eigenvalue weighted by molar-refractivity contribution is 5.95. The Morgan fingerprint density at radius 2 is 1.76 bits per heavy atom. The van der Waals surface area contributed by atoms with Crippen molar-refractivity contribution in [3.8, 4) is 0 Å². The van der Waals surface area contributed by atoms with Crippen LogP contribution >= 0.6 is 0 Å². The number of hydrogen-bond donors (Lipinski definition) is 2. The van der Waals surface area contributed by atoms with Crippen LogP contribution in [0.3, 0.4) is 0 Å². The van der Waals surface area contributed by atoms with Crippen molar-refractivity contribution in [2.45, 2.75) is 6.42 Å². The van der Waals surface area contributed by atoms with Crippen LogP contribution in [-0.4, -0.2) is 11.8 Å². The van der Waals surface area contributed by atoms with E-state index in [1.165, 1.54) is 0 Å². The van der Waals surface area contributed by atoms with Crippen LogP contribution in [0.4, 0.5) is 8.78 Å². The summed E-state index contributed by atoms with van der Waals surface area (Å²) in [7, 11) is 0. The Hall–Kier alpha value is -2.24. The van der Waals surface area contributed by atoms with Crippen molar-refractivity contribution in [3.63, 3.8) is 0 Å². The van der Waals surface area contributed by atoms with Gasteiger partial charge in [0.2, 0.25) is 5.91 Å². The number of carbonyl (C=O) groups is 2. The molecule has 0 saturated carbocycles. The summed E-state index contributed by atoms with van der Waals surface area (Å²) in [6, 6.07) is 8.19. The molecule has 17 heavy (non-hydrogen) atoms. The first-order chi connectivity index (χ1) is 8.09. The van der Waals surface area contributed by atoms with Crippen LogP contribution in [0.1, 0.15) is 16.8 Å². The van der Waals surface area contributed by atoms with Gasteiger partial charge in [-0.25, -0.2) is 0 Å². The van der Waals surface area contributed by atoms with E-state index < -0.39 is 24.3 Å². The van der Waals surface area contributed by atoms with Gasteiger partial charge >= 0.3 is 0 Å². The van der Waals surface area contributed by atoms with Crippen LogP contribution in [0.15, 0.2) is 42.5 Å². The molecular formula is C11H10F2N2O2. The van der Waals surface area contributed by atoms with Gasteiger partial charge in [-0.1, -0.05) is 18.2 Å². The molecular weight excluding hydrogens is 230 g/mol. The van der Waals surface area contributed by atoms with E-state index in [0.717, 1.165) is 0 Å². The van der Waals surface area contributed by atoms with Crippen LogP contribution in [0.25, 0.3) is 0 Å². The number of halogens is 2. The first-order valence-electron chi connectivity index (χ1n) is 4.75. The second-order valence-electron chi connectivity index (χ2n) is 3.07. The van der Waals surface area contributed by atoms with Gasteiger partial charge in [-0.2, -0.15) is 8.78 Å². The van der Waals surface area contributed by atoms with Gasteiger partial charge in [-0.15, -0.1) is 0 Å². The van der Waals surface area contributed by atoms with Crippen LogP contribution in [-0.2, 0) is 4.79 Å². The SMILES string of the molecule is O=C(CC=C(F)F)NNC(=O)c1ccccc1. The van der Waals surface area contributed by atoms with Crippen molar-refractivity contribution in [3.05, 3.63) is 48.1 Å². The predicted molar refractivity (Wildman–Crippen MR) is 57.0 cm³/mol. The van der Waals surface area contributed by atoms with E-state index in [-0.39, 0.29) is 0 Å². The van der Waals surface area contributed by atoms with E-state index >= 15 is 0 Å². The summed E-state index contributed by atoms with van der Waals surface area (Å²) < 4.78 is 23.3. The zero-order chi connectivity index (χ0) is 12.7. The third kappa shape index (κ3) is 4.87. The number of nitrogens with one attached hydrogen (secondary N) is 2. The second-order valence-corrected chi connectivity index (χ2v) is 3.07. The van der Waals surface area contributed by atoms with Gasteiger partial charge in [-0.05, 0) is 18.2 Å². The molecule has 0 radical (unpaired) electrons. The summed E-state index contributed by atoms with van der Waals surface area (Å²) in [5, 5.41) is 0. The minimum Gasteiger partial charge on any atom is -0.273 e. The van der Waals surface area contributed by atoms with Gasteiger partial charge < -0.3 is 0 Å². The van der Waals surface area contributed by atoms with E-state index in [9.17, 15) is 18.4 Å². The van der Waals surface area contributed by atoms with Crippen molar-refractivity contribution in [1.29, 1.82) is 0 Å². The molecule has 2 amide bonds. The van der Waals surface area contributed by atoms with Crippen LogP contribution in [0.5, 0.6) is 0 Å². The number of rotatable bonds is 3. The minimum atomic E-state index is -1.94. The molecule has 1 rings (SSSR count). The maximum atomic E-state index is 11.7. The lowest BCUT2D eigenvalue weighted by Crippen LogP contribution is -2.41. The molecule has 0 aliphatic heterocycles. The summed E-state index contributed by atoms with van der Waals surface area (Å²) >= 11 is 0. The van der Waals surface area contributed by atoms with E-state index in [4.69, 9.17) is 0 Å². The summed E-state index contributed by atoms with van der Waals surface area (Å²) in [4.78, 5) is 22.4. The van der Waals surface area contributed by atoms with Gasteiger partial charge in [0.1, 0.15) is 0 Å². The number of amides is 2. The van der Waals surface area contributed by atoms with Crippen molar-refractivity contribution >= 4 is 11.8 Å². The highest BCUT2D eigenvalue weighted by Gasteiger charge is 2.05. The average Bonchev–Trinajstić information content (AvgIpc) is 2.34. The van der Waals surface area contributed by atoms with Crippen molar-refractivity contribution in [2.75, 3.05) is 0 Å². The zero-order valence-electron chi connectivity index (χ0n) is 8.74. The van der Waals surface area contributed by atoms with E-state index in [2.05, 4.69) is 5.43 Å². The number of hydrazine groups is 1. The standard InChI is InChI=1S/C11H10F2N2O2/c12-9(13)6-7-10(16)14-15-11(17)8-4-2-1-3-5-8/h1-6H,7H2,(H,14,16)(H,15,17). The Labute approximate surface area is 96.3 Å². The highest BCUT2D eigenvalue weighted by atomic mass is 19.3. The Morgan fingerprint density at radius 3 is 2.35 bits per heavy atom. The summed E-state index contributed by atoms with van der Waals surface area (Å²) in [5.41, 5.74) is 4.49. The molecule has 2 N–H and O–H groups in total. The molecule has 4 nitrogen and oxygen atoms in total. The Bertz CT molecular complexity index is 428. The maximum absolute atomic E-state index is 11.7. The van der Waals surface area contributed by atoms with Gasteiger partial charge in [-0.3, -0.25) is 20.4 Å². The lowest BCUT2D eigenvalue weighted by atomic mass is 10.2. The minimum absolute atomic E-state index is 0.361. The second kappa shape index (κ2) is 6.37. The lowest BCUT2D eigenvalue weighted by molar-refractivity contribution is -0.121. The van der Waals surface area contributed by atoms with Crippen molar-refractivity contribution < 1.29 is 18.4 Å². The van der Waals surface area contributed by atoms with Crippen LogP contribution in [0.2, 0.25) is 0 Å². The van der Waals surface area contributed by atoms with Gasteiger partial charge in [0.05, 0.1) is 6.42 Å². The molecule has 0 spiro atoms. The molecule has 6 heteroatoms. The Kier molecular flexibility index (Phi) is 4.80. The van der Waals surface area contributed by atoms with Crippen molar-refractivity contribution in [2.24, 2.45) is 0 Å². The molecule has 0 aliphatic carbocycles. The molecule has 0 fully saturated rings. The average molecular weight is 240 g/mol. The quantitative estimate of drug-likeness (QED) is 0.789. The zero-order valence-corrected chi connectivity index (χ0v) is 8.74. The van der Waals surface area contributed by atoms with E-state index in [0.29, 0.717) is 11.6 Å². The molecule has 0 heterocycles. The maximum Gasteiger partial charge on any atom is 0.269 e. The predicted octanol–water partition coefficient (Wildman–Crippen LogP) is 1.62. The van der Waals surface area contributed by atoms with Gasteiger partial charge in [0, 0.05) is 5.56 Å². The normalized spacial score (nSPS) is 9.29. The molecule has 0 unspecified atom stereocenters. The Balaban J connectivity index is 2.39. The molecule has 90 valence electrons. The number of benzene rings is 1. The van der Waals surface area contributed by atoms with Crippen LogP contribution in [0, 0.1) is 0 Å². The fraction of sp³-hybridized carbons (Fsp3) is 0.0909. The number of carbonyl (C=O) groups excluding carboxylic acids is 2. The van der Waals surface area contributed by atoms with Crippen molar-refractivity contribution in [1.82, 2.24) is 10.9 Å². The molecule has 1 aromatic rings. The highest BCUT2D eigenvalue weighted by Crippen LogP contribution is 1.99. The number of hydrogen-bond acceptors (Lipinski definition) is 2. The summed E-state index contributed by atoms with van der Waals surface area (Å²) in [6.07, 6.45) is -1.96. The van der Waals surface area contributed by atoms with Gasteiger partial charge in [0.15, 0.2) is 0 Å². The first kappa shape index (κ1) is 12.8. The van der Waals surface area contributed by atoms with Crippen LogP contribution < -0.4 is 10.9 Å². The monoisotopic (exact) mass is 240 g/mol. The van der Waals surface area contributed by atoms with Gasteiger partial charge in [0.25, 0.3) is 12.0 Å². The molecule has 0 saturated heterocycles. The topological polar surface area (TPSA) is 58.2 Å². The largest absolute Gasteiger partial charge is 0.273 e. The van der Waals surface area contributed by atoms with E-state index in [1.807, 2.05) is 5.43 Å². The lowest BCUT2D eigenvalue weighted by Gasteiger charge is -2.05. The fourth-order valence-corrected chi connectivity index (χ4v) is 1.01. The molecule has 0 bridgehead atoms. The molecule has 0 aliphatic rings. The fourth-order valence-electron chi connectivity index (χ4n) is 1.01. The summed E-state index contributed by atoms with van der Waals surface area (Å²) in [5.74, 6) is -1.23. The first-order valence-corrected chi connectivity index (χ1v) is 4.75. The smallest absolute Gasteiger partial charge is 0.269 e. The molecule has 1 aromatic carbocycles. The Morgan fingerprint density at radius 1 is 1.12 bits per heavy atom. The molecule has 0 atom stereocenters. The summed E-state index contributed by atoms with van der Waals surface area (Å²) in [6.45, 7) is 0. The third-order valence-electron chi connectivity index (χ3n) is 1.79. The van der Waals surface area contributed by atoms with E-state index in [1.54, 1.807) is 30.3 Å².